The number of nitrogens with zero attached hydrogens (tertiary/aromatic N) is 5. The lowest BCUT2D eigenvalue weighted by Crippen LogP contribution is -2.30. The highest BCUT2D eigenvalue weighted by atomic mass is 35.5. The van der Waals surface area contributed by atoms with Crippen molar-refractivity contribution >= 4 is 23.3 Å². The summed E-state index contributed by atoms with van der Waals surface area (Å²) in [5.41, 5.74) is 0.594. The molecule has 21 heavy (non-hydrogen) atoms. The number of piperidine rings is 1. The molecule has 1 aliphatic rings. The Kier molecular flexibility index (Phi) is 4.15. The molecule has 0 saturated carbocycles. The van der Waals surface area contributed by atoms with Crippen molar-refractivity contribution in [2.75, 3.05) is 18.0 Å². The van der Waals surface area contributed by atoms with E-state index in [2.05, 4.69) is 20.3 Å². The molecule has 0 aliphatic carbocycles. The second kappa shape index (κ2) is 6.22. The number of benzene rings is 1. The summed E-state index contributed by atoms with van der Waals surface area (Å²) in [5, 5.41) is 12.9. The molecule has 0 N–H and O–H groups in total. The maximum absolute atomic E-state index is 12.1. The van der Waals surface area contributed by atoms with E-state index in [1.165, 1.54) is 11.2 Å². The summed E-state index contributed by atoms with van der Waals surface area (Å²) in [6, 6.07) is 6.80. The van der Waals surface area contributed by atoms with Gasteiger partial charge in [0.25, 0.3) is 5.95 Å². The summed E-state index contributed by atoms with van der Waals surface area (Å²) < 4.78 is 0. The van der Waals surface area contributed by atoms with Crippen LogP contribution in [-0.2, 0) is 6.54 Å². The summed E-state index contributed by atoms with van der Waals surface area (Å²) in [5.74, 6) is 0.549. The molecule has 0 radical (unpaired) electrons. The molecule has 0 atom stereocenters. The van der Waals surface area contributed by atoms with E-state index >= 15 is 0 Å². The zero-order chi connectivity index (χ0) is 14.7. The molecule has 6 nitrogen and oxygen atoms in total. The number of halogens is 1. The Hall–Kier alpha value is -1.95. The summed E-state index contributed by atoms with van der Waals surface area (Å²) in [4.78, 5) is 15.6. The van der Waals surface area contributed by atoms with Gasteiger partial charge in [0.2, 0.25) is 0 Å². The molecule has 0 bridgehead atoms. The molecule has 0 unspecified atom stereocenters. The van der Waals surface area contributed by atoms with E-state index in [1.807, 2.05) is 0 Å². The molecule has 2 heterocycles. The highest BCUT2D eigenvalue weighted by Crippen LogP contribution is 2.14. The van der Waals surface area contributed by atoms with Gasteiger partial charge in [0.05, 0.1) is 0 Å². The number of carbonyl (C=O) groups is 1. The van der Waals surface area contributed by atoms with Crippen molar-refractivity contribution in [1.29, 1.82) is 0 Å². The Balaban J connectivity index is 1.66. The zero-order valence-corrected chi connectivity index (χ0v) is 12.3. The van der Waals surface area contributed by atoms with E-state index < -0.39 is 0 Å². The molecule has 1 fully saturated rings. The molecule has 110 valence electrons. The van der Waals surface area contributed by atoms with Crippen LogP contribution in [0.3, 0.4) is 0 Å². The lowest BCUT2D eigenvalue weighted by Gasteiger charge is -2.24. The monoisotopic (exact) mass is 305 g/mol. The van der Waals surface area contributed by atoms with Gasteiger partial charge in [-0.1, -0.05) is 16.7 Å². The number of rotatable bonds is 4. The second-order valence-corrected chi connectivity index (χ2v) is 5.53. The Labute approximate surface area is 127 Å². The number of aromatic nitrogens is 4. The van der Waals surface area contributed by atoms with E-state index in [0.717, 1.165) is 25.9 Å². The first-order chi connectivity index (χ1) is 10.2. The van der Waals surface area contributed by atoms with Crippen molar-refractivity contribution in [3.05, 3.63) is 34.9 Å². The molecule has 1 saturated heterocycles. The standard InChI is InChI=1S/C14H16ClN5O/c15-12-6-4-11(5-7-12)13(21)10-20-17-14(16-18-20)19-8-2-1-3-9-19/h4-7H,1-3,8-10H2. The van der Waals surface area contributed by atoms with E-state index in [9.17, 15) is 4.79 Å². The Morgan fingerprint density at radius 1 is 1.14 bits per heavy atom. The van der Waals surface area contributed by atoms with Crippen LogP contribution in [0.5, 0.6) is 0 Å². The number of tetrazole rings is 1. The van der Waals surface area contributed by atoms with Crippen molar-refractivity contribution < 1.29 is 4.79 Å². The van der Waals surface area contributed by atoms with Crippen molar-refractivity contribution in [1.82, 2.24) is 20.2 Å². The number of carbonyl (C=O) groups excluding carboxylic acids is 1. The molecule has 0 spiro atoms. The first kappa shape index (κ1) is 14.0. The number of anilines is 1. The number of ketones is 1. The summed E-state index contributed by atoms with van der Waals surface area (Å²) in [6.45, 7) is 2.00. The predicted octanol–water partition coefficient (Wildman–Crippen LogP) is 2.20. The fraction of sp³-hybridized carbons (Fsp3) is 0.429. The second-order valence-electron chi connectivity index (χ2n) is 5.10. The van der Waals surface area contributed by atoms with Crippen LogP contribution in [0.4, 0.5) is 5.95 Å². The van der Waals surface area contributed by atoms with E-state index in [0.29, 0.717) is 16.5 Å². The van der Waals surface area contributed by atoms with E-state index in [4.69, 9.17) is 11.6 Å². The first-order valence-electron chi connectivity index (χ1n) is 7.04. The van der Waals surface area contributed by atoms with Crippen molar-refractivity contribution in [3.63, 3.8) is 0 Å². The van der Waals surface area contributed by atoms with Gasteiger partial charge in [-0.25, -0.2) is 0 Å². The van der Waals surface area contributed by atoms with Gasteiger partial charge in [-0.2, -0.15) is 4.80 Å². The van der Waals surface area contributed by atoms with Gasteiger partial charge in [0, 0.05) is 23.7 Å². The topological polar surface area (TPSA) is 63.9 Å². The van der Waals surface area contributed by atoms with Crippen molar-refractivity contribution in [2.45, 2.75) is 25.8 Å². The SMILES string of the molecule is O=C(Cn1nnc(N2CCCCC2)n1)c1ccc(Cl)cc1. The van der Waals surface area contributed by atoms with E-state index in [1.54, 1.807) is 24.3 Å². The molecular formula is C14H16ClN5O. The number of hydrogen-bond donors (Lipinski definition) is 0. The van der Waals surface area contributed by atoms with Crippen molar-refractivity contribution in [2.24, 2.45) is 0 Å². The van der Waals surface area contributed by atoms with Gasteiger partial charge in [-0.3, -0.25) is 4.79 Å². The lowest BCUT2D eigenvalue weighted by molar-refractivity contribution is 0.0961. The largest absolute Gasteiger partial charge is 0.338 e. The average molecular weight is 306 g/mol. The van der Waals surface area contributed by atoms with Crippen LogP contribution in [0.15, 0.2) is 24.3 Å². The van der Waals surface area contributed by atoms with Crippen LogP contribution < -0.4 is 4.90 Å². The highest BCUT2D eigenvalue weighted by Gasteiger charge is 2.16. The van der Waals surface area contributed by atoms with Gasteiger partial charge in [-0.05, 0) is 48.7 Å². The number of Topliss-reactive ketones (excluding diaryl/α,β-unsaturated/α-hetero) is 1. The van der Waals surface area contributed by atoms with E-state index in [-0.39, 0.29) is 12.3 Å². The van der Waals surface area contributed by atoms with Crippen LogP contribution in [0.1, 0.15) is 29.6 Å². The molecule has 1 aromatic heterocycles. The fourth-order valence-electron chi connectivity index (χ4n) is 2.38. The fourth-order valence-corrected chi connectivity index (χ4v) is 2.50. The Morgan fingerprint density at radius 2 is 1.86 bits per heavy atom. The van der Waals surface area contributed by atoms with Gasteiger partial charge in [0.15, 0.2) is 5.78 Å². The minimum atomic E-state index is -0.0609. The van der Waals surface area contributed by atoms with Gasteiger partial charge in [-0.15, -0.1) is 5.10 Å². The quantitative estimate of drug-likeness (QED) is 0.810. The minimum absolute atomic E-state index is 0.0609. The third kappa shape index (κ3) is 3.39. The normalized spacial score (nSPS) is 15.2. The van der Waals surface area contributed by atoms with Gasteiger partial charge >= 0.3 is 0 Å². The third-order valence-electron chi connectivity index (χ3n) is 3.53. The zero-order valence-electron chi connectivity index (χ0n) is 11.6. The molecule has 1 aromatic carbocycles. The third-order valence-corrected chi connectivity index (χ3v) is 3.78. The summed E-state index contributed by atoms with van der Waals surface area (Å²) in [7, 11) is 0. The smallest absolute Gasteiger partial charge is 0.266 e. The lowest BCUT2D eigenvalue weighted by atomic mass is 10.1. The average Bonchev–Trinajstić information content (AvgIpc) is 2.97. The minimum Gasteiger partial charge on any atom is -0.338 e. The van der Waals surface area contributed by atoms with Gasteiger partial charge < -0.3 is 4.90 Å². The molecule has 2 aromatic rings. The van der Waals surface area contributed by atoms with Crippen LogP contribution in [0.2, 0.25) is 5.02 Å². The summed E-state index contributed by atoms with van der Waals surface area (Å²) >= 11 is 5.81. The van der Waals surface area contributed by atoms with Gasteiger partial charge in [0.1, 0.15) is 6.54 Å². The Morgan fingerprint density at radius 3 is 2.57 bits per heavy atom. The summed E-state index contributed by atoms with van der Waals surface area (Å²) in [6.07, 6.45) is 3.55. The van der Waals surface area contributed by atoms with Crippen LogP contribution >= 0.6 is 11.6 Å². The molecule has 0 amide bonds. The molecule has 1 aliphatic heterocycles. The predicted molar refractivity (Wildman–Crippen MR) is 79.7 cm³/mol. The highest BCUT2D eigenvalue weighted by molar-refractivity contribution is 6.30. The van der Waals surface area contributed by atoms with Crippen LogP contribution in [-0.4, -0.2) is 39.1 Å². The Bertz CT molecular complexity index is 619. The molecule has 7 heteroatoms. The molecular weight excluding hydrogens is 290 g/mol. The molecule has 3 rings (SSSR count). The maximum atomic E-state index is 12.1. The van der Waals surface area contributed by atoms with Crippen LogP contribution in [0.25, 0.3) is 0 Å². The van der Waals surface area contributed by atoms with Crippen LogP contribution in [0, 0.1) is 0 Å². The maximum Gasteiger partial charge on any atom is 0.266 e. The van der Waals surface area contributed by atoms with Crippen molar-refractivity contribution in [3.8, 4) is 0 Å². The number of hydrogen-bond acceptors (Lipinski definition) is 5. The first-order valence-corrected chi connectivity index (χ1v) is 7.42.